The first kappa shape index (κ1) is 17.9. The van der Waals surface area contributed by atoms with Gasteiger partial charge in [0.25, 0.3) is 0 Å². The highest BCUT2D eigenvalue weighted by Crippen LogP contribution is 2.36. The van der Waals surface area contributed by atoms with Gasteiger partial charge in [-0.05, 0) is 32.8 Å². The minimum absolute atomic E-state index is 0.147. The molecule has 3 rings (SSSR count). The van der Waals surface area contributed by atoms with Crippen LogP contribution in [0.25, 0.3) is 0 Å². The van der Waals surface area contributed by atoms with Crippen molar-refractivity contribution in [2.75, 3.05) is 6.54 Å². The molecule has 128 valence electrons. The molecule has 0 aliphatic carbocycles. The molecule has 0 aromatic carbocycles. The molecule has 0 amide bonds. The second-order valence-corrected chi connectivity index (χ2v) is 8.09. The highest BCUT2D eigenvalue weighted by atomic mass is 35.5. The summed E-state index contributed by atoms with van der Waals surface area (Å²) in [7, 11) is 0. The Hall–Kier alpha value is -0.920. The van der Waals surface area contributed by atoms with Crippen LogP contribution in [0.1, 0.15) is 37.2 Å². The lowest BCUT2D eigenvalue weighted by atomic mass is 9.89. The number of hydrogen-bond acceptors (Lipinski definition) is 6. The van der Waals surface area contributed by atoms with Crippen molar-refractivity contribution in [2.45, 2.75) is 48.2 Å². The van der Waals surface area contributed by atoms with Gasteiger partial charge < -0.3 is 11.1 Å². The van der Waals surface area contributed by atoms with Gasteiger partial charge in [0, 0.05) is 23.2 Å². The molecule has 1 saturated heterocycles. The number of aromatic nitrogens is 3. The van der Waals surface area contributed by atoms with Gasteiger partial charge in [-0.25, -0.2) is 9.97 Å². The van der Waals surface area contributed by atoms with Crippen LogP contribution in [0.3, 0.4) is 0 Å². The average molecular weight is 384 g/mol. The number of nitrogens with zero attached hydrogens (tertiary/aromatic N) is 3. The van der Waals surface area contributed by atoms with Crippen molar-refractivity contribution in [3.8, 4) is 0 Å². The van der Waals surface area contributed by atoms with Gasteiger partial charge in [-0.2, -0.15) is 0 Å². The second kappa shape index (κ2) is 7.14. The van der Waals surface area contributed by atoms with E-state index in [2.05, 4.69) is 22.2 Å². The van der Waals surface area contributed by atoms with Crippen molar-refractivity contribution in [1.29, 1.82) is 0 Å². The molecule has 24 heavy (non-hydrogen) atoms. The van der Waals surface area contributed by atoms with Crippen LogP contribution in [0.5, 0.6) is 0 Å². The van der Waals surface area contributed by atoms with E-state index in [-0.39, 0.29) is 11.6 Å². The number of nitrogens with one attached hydrogen (secondary N) is 1. The number of piperidine rings is 1. The molecule has 1 fully saturated rings. The zero-order valence-electron chi connectivity index (χ0n) is 13.5. The van der Waals surface area contributed by atoms with E-state index < -0.39 is 0 Å². The molecule has 1 aliphatic rings. The molecule has 5 nitrogen and oxygen atoms in total. The van der Waals surface area contributed by atoms with Crippen molar-refractivity contribution < 1.29 is 0 Å². The predicted molar refractivity (Wildman–Crippen MR) is 97.7 cm³/mol. The topological polar surface area (TPSA) is 76.7 Å². The molecular weight excluding hydrogens is 365 g/mol. The van der Waals surface area contributed by atoms with E-state index in [0.717, 1.165) is 40.7 Å². The summed E-state index contributed by atoms with van der Waals surface area (Å²) in [6, 6.07) is 2.02. The van der Waals surface area contributed by atoms with E-state index in [9.17, 15) is 0 Å². The Morgan fingerprint density at radius 1 is 1.38 bits per heavy atom. The van der Waals surface area contributed by atoms with E-state index >= 15 is 0 Å². The van der Waals surface area contributed by atoms with Crippen molar-refractivity contribution in [3.05, 3.63) is 40.0 Å². The lowest BCUT2D eigenvalue weighted by molar-refractivity contribution is 0.284. The van der Waals surface area contributed by atoms with Gasteiger partial charge in [-0.1, -0.05) is 35.0 Å². The first-order valence-electron chi connectivity index (χ1n) is 7.69. The van der Waals surface area contributed by atoms with Gasteiger partial charge in [-0.15, -0.1) is 0 Å². The fraction of sp³-hybridized carbons (Fsp3) is 0.438. The van der Waals surface area contributed by atoms with Crippen molar-refractivity contribution >= 4 is 35.0 Å². The third kappa shape index (κ3) is 4.00. The lowest BCUT2D eigenvalue weighted by Gasteiger charge is -2.34. The first-order valence-corrected chi connectivity index (χ1v) is 9.27. The zero-order valence-corrected chi connectivity index (χ0v) is 15.8. The first-order chi connectivity index (χ1) is 11.4. The van der Waals surface area contributed by atoms with Crippen molar-refractivity contribution in [1.82, 2.24) is 20.3 Å². The number of nitrogens with two attached hydrogens (primary N) is 1. The summed E-state index contributed by atoms with van der Waals surface area (Å²) in [5, 5.41) is 4.99. The lowest BCUT2D eigenvalue weighted by Crippen LogP contribution is -2.51. The number of halogens is 2. The SMILES string of the molecule is Cc1nc(C2CCC(C)(N)CN2)cnc1Sc1ccnc(Cl)c1Cl. The van der Waals surface area contributed by atoms with Crippen LogP contribution in [0.15, 0.2) is 28.4 Å². The van der Waals surface area contributed by atoms with Gasteiger partial charge in [0.2, 0.25) is 0 Å². The van der Waals surface area contributed by atoms with E-state index in [1.54, 1.807) is 6.20 Å². The normalized spacial score (nSPS) is 24.1. The van der Waals surface area contributed by atoms with Crippen LogP contribution in [-0.2, 0) is 0 Å². The molecule has 2 atom stereocenters. The standard InChI is InChI=1S/C16H19Cl2N5S/c1-9-15(24-12-4-6-20-14(18)13(12)17)21-7-11(23-9)10-3-5-16(2,19)8-22-10/h4,6-7,10,22H,3,5,8,19H2,1-2H3. The molecule has 2 aromatic heterocycles. The highest BCUT2D eigenvalue weighted by Gasteiger charge is 2.28. The number of hydrogen-bond donors (Lipinski definition) is 2. The predicted octanol–water partition coefficient (Wildman–Crippen LogP) is 3.78. The van der Waals surface area contributed by atoms with Crippen LogP contribution >= 0.6 is 35.0 Å². The third-order valence-corrected chi connectivity index (χ3v) is 6.08. The summed E-state index contributed by atoms with van der Waals surface area (Å²) in [5.74, 6) is 0. The molecule has 3 N–H and O–H groups in total. The molecular formula is C16H19Cl2N5S. The maximum atomic E-state index is 6.19. The van der Waals surface area contributed by atoms with Crippen molar-refractivity contribution in [2.24, 2.45) is 5.73 Å². The molecule has 2 unspecified atom stereocenters. The van der Waals surface area contributed by atoms with E-state index in [0.29, 0.717) is 10.2 Å². The summed E-state index contributed by atoms with van der Waals surface area (Å²) in [5.41, 5.74) is 7.82. The van der Waals surface area contributed by atoms with Gasteiger partial charge >= 0.3 is 0 Å². The average Bonchev–Trinajstić information content (AvgIpc) is 2.53. The summed E-state index contributed by atoms with van der Waals surface area (Å²) < 4.78 is 0. The minimum Gasteiger partial charge on any atom is -0.324 e. The van der Waals surface area contributed by atoms with Gasteiger partial charge in [0.15, 0.2) is 0 Å². The van der Waals surface area contributed by atoms with Crippen LogP contribution in [0.4, 0.5) is 0 Å². The Kier molecular flexibility index (Phi) is 5.32. The van der Waals surface area contributed by atoms with E-state index in [1.165, 1.54) is 11.8 Å². The highest BCUT2D eigenvalue weighted by molar-refractivity contribution is 7.99. The molecule has 0 bridgehead atoms. The molecule has 0 spiro atoms. The fourth-order valence-electron chi connectivity index (χ4n) is 2.61. The Morgan fingerprint density at radius 2 is 2.17 bits per heavy atom. The number of pyridine rings is 1. The number of aryl methyl sites for hydroxylation is 1. The van der Waals surface area contributed by atoms with Gasteiger partial charge in [0.05, 0.1) is 28.6 Å². The molecule has 8 heteroatoms. The molecule has 3 heterocycles. The van der Waals surface area contributed by atoms with Crippen LogP contribution in [-0.4, -0.2) is 27.0 Å². The maximum absolute atomic E-state index is 6.19. The summed E-state index contributed by atoms with van der Waals surface area (Å²) in [6.07, 6.45) is 5.37. The smallest absolute Gasteiger partial charge is 0.148 e. The minimum atomic E-state index is -0.147. The summed E-state index contributed by atoms with van der Waals surface area (Å²) >= 11 is 13.6. The third-order valence-electron chi connectivity index (χ3n) is 4.05. The quantitative estimate of drug-likeness (QED) is 0.785. The molecule has 2 aromatic rings. The Balaban J connectivity index is 1.77. The Labute approximate surface area is 155 Å². The molecule has 0 radical (unpaired) electrons. The zero-order chi connectivity index (χ0) is 17.3. The maximum Gasteiger partial charge on any atom is 0.148 e. The molecule has 0 saturated carbocycles. The fourth-order valence-corrected chi connectivity index (χ4v) is 3.88. The van der Waals surface area contributed by atoms with E-state index in [4.69, 9.17) is 33.9 Å². The van der Waals surface area contributed by atoms with Gasteiger partial charge in [-0.3, -0.25) is 4.98 Å². The second-order valence-electron chi connectivity index (χ2n) is 6.33. The van der Waals surface area contributed by atoms with Gasteiger partial charge in [0.1, 0.15) is 10.2 Å². The van der Waals surface area contributed by atoms with Crippen LogP contribution in [0.2, 0.25) is 10.2 Å². The largest absolute Gasteiger partial charge is 0.324 e. The van der Waals surface area contributed by atoms with Crippen molar-refractivity contribution in [3.63, 3.8) is 0 Å². The summed E-state index contributed by atoms with van der Waals surface area (Å²) in [4.78, 5) is 14.0. The summed E-state index contributed by atoms with van der Waals surface area (Å²) in [6.45, 7) is 4.79. The Morgan fingerprint density at radius 3 is 2.83 bits per heavy atom. The van der Waals surface area contributed by atoms with Crippen LogP contribution < -0.4 is 11.1 Å². The Bertz CT molecular complexity index is 743. The van der Waals surface area contributed by atoms with Crippen LogP contribution in [0, 0.1) is 6.92 Å². The van der Waals surface area contributed by atoms with E-state index in [1.807, 2.05) is 19.2 Å². The molecule has 1 aliphatic heterocycles. The monoisotopic (exact) mass is 383 g/mol. The number of rotatable bonds is 3.